The summed E-state index contributed by atoms with van der Waals surface area (Å²) in [5, 5.41) is 11.4. The van der Waals surface area contributed by atoms with E-state index in [1.807, 2.05) is 0 Å². The molecule has 0 aliphatic carbocycles. The van der Waals surface area contributed by atoms with Crippen LogP contribution in [0.3, 0.4) is 0 Å². The van der Waals surface area contributed by atoms with Crippen molar-refractivity contribution in [3.05, 3.63) is 21.1 Å². The van der Waals surface area contributed by atoms with Gasteiger partial charge in [0.1, 0.15) is 11.1 Å². The van der Waals surface area contributed by atoms with E-state index in [1.165, 1.54) is 0 Å². The summed E-state index contributed by atoms with van der Waals surface area (Å²) in [6.07, 6.45) is 0. The zero-order valence-electron chi connectivity index (χ0n) is 7.72. The number of phenols is 1. The van der Waals surface area contributed by atoms with Gasteiger partial charge in [0.15, 0.2) is 0 Å². The topological polar surface area (TPSA) is 49.3 Å². The van der Waals surface area contributed by atoms with Crippen molar-refractivity contribution in [1.29, 1.82) is 0 Å². The van der Waals surface area contributed by atoms with Crippen LogP contribution in [0, 0.1) is 0 Å². The van der Waals surface area contributed by atoms with E-state index in [2.05, 4.69) is 37.2 Å². The molecule has 6 heteroatoms. The monoisotopic (exact) mass is 355 g/mol. The molecule has 0 spiro atoms. The first-order chi connectivity index (χ1) is 6.91. The van der Waals surface area contributed by atoms with E-state index >= 15 is 0 Å². The maximum atomic E-state index is 11.3. The molecule has 1 aromatic rings. The molecule has 15 heavy (non-hydrogen) atoms. The molecule has 0 aliphatic heterocycles. The largest absolute Gasteiger partial charge is 0.506 e. The van der Waals surface area contributed by atoms with Crippen LogP contribution in [0.1, 0.15) is 6.92 Å². The summed E-state index contributed by atoms with van der Waals surface area (Å²) in [5.41, 5.74) is 0.559. The lowest BCUT2D eigenvalue weighted by molar-refractivity contribution is -0.115. The van der Waals surface area contributed by atoms with Crippen molar-refractivity contribution < 1.29 is 9.90 Å². The lowest BCUT2D eigenvalue weighted by Crippen LogP contribution is -2.20. The number of phenolic OH excluding ortho intramolecular Hbond substituents is 1. The van der Waals surface area contributed by atoms with Gasteiger partial charge in [0.25, 0.3) is 0 Å². The number of aromatic hydroxyl groups is 1. The van der Waals surface area contributed by atoms with Crippen molar-refractivity contribution in [2.75, 3.05) is 5.32 Å². The van der Waals surface area contributed by atoms with Gasteiger partial charge in [-0.1, -0.05) is 0 Å². The Bertz CT molecular complexity index is 373. The Morgan fingerprint density at radius 2 is 1.93 bits per heavy atom. The number of carbonyl (C=O) groups is 1. The Hall–Kier alpha value is -0.260. The summed E-state index contributed by atoms with van der Waals surface area (Å²) in [6, 6.07) is 3.19. The highest BCUT2D eigenvalue weighted by Crippen LogP contribution is 2.35. The Balaban J connectivity index is 2.93. The number of carbonyl (C=O) groups excluding carboxylic acids is 1. The Morgan fingerprint density at radius 1 is 1.47 bits per heavy atom. The summed E-state index contributed by atoms with van der Waals surface area (Å²) in [5.74, 6) is -0.201. The number of hydrogen-bond acceptors (Lipinski definition) is 2. The van der Waals surface area contributed by atoms with Crippen LogP contribution in [0.15, 0.2) is 21.1 Å². The highest BCUT2D eigenvalue weighted by atomic mass is 79.9. The first kappa shape index (κ1) is 12.8. The molecule has 0 bridgehead atoms. The van der Waals surface area contributed by atoms with E-state index in [4.69, 9.17) is 11.6 Å². The predicted octanol–water partition coefficient (Wildman–Crippen LogP) is 3.48. The third-order valence-corrected chi connectivity index (χ3v) is 3.05. The fourth-order valence-electron chi connectivity index (χ4n) is 0.879. The van der Waals surface area contributed by atoms with Gasteiger partial charge in [-0.25, -0.2) is 0 Å². The van der Waals surface area contributed by atoms with Gasteiger partial charge in [0, 0.05) is 5.69 Å². The number of alkyl halides is 1. The molecule has 0 unspecified atom stereocenters. The number of anilines is 1. The normalized spacial score (nSPS) is 12.3. The summed E-state index contributed by atoms with van der Waals surface area (Å²) < 4.78 is 0.990. The van der Waals surface area contributed by atoms with Crippen molar-refractivity contribution >= 4 is 55.1 Å². The minimum Gasteiger partial charge on any atom is -0.506 e. The Kier molecular flexibility index (Phi) is 4.43. The number of hydrogen-bond donors (Lipinski definition) is 2. The molecule has 1 atom stereocenters. The second kappa shape index (κ2) is 5.18. The van der Waals surface area contributed by atoms with Crippen LogP contribution in [-0.2, 0) is 4.79 Å². The highest BCUT2D eigenvalue weighted by molar-refractivity contribution is 9.11. The number of amides is 1. The fraction of sp³-hybridized carbons (Fsp3) is 0.222. The van der Waals surface area contributed by atoms with E-state index in [0.29, 0.717) is 14.6 Å². The van der Waals surface area contributed by atoms with Gasteiger partial charge in [0.05, 0.1) is 8.95 Å². The number of rotatable bonds is 2. The summed E-state index contributed by atoms with van der Waals surface area (Å²) >= 11 is 11.9. The van der Waals surface area contributed by atoms with Crippen LogP contribution in [0.5, 0.6) is 5.75 Å². The predicted molar refractivity (Wildman–Crippen MR) is 67.5 cm³/mol. The molecule has 1 amide bonds. The van der Waals surface area contributed by atoms with Crippen LogP contribution in [0.25, 0.3) is 0 Å². The highest BCUT2D eigenvalue weighted by Gasteiger charge is 2.11. The number of nitrogens with one attached hydrogen (secondary N) is 1. The zero-order chi connectivity index (χ0) is 11.6. The maximum absolute atomic E-state index is 11.3. The molecule has 82 valence electrons. The molecule has 1 aromatic carbocycles. The molecule has 1 rings (SSSR count). The molecule has 0 aromatic heterocycles. The summed E-state index contributed by atoms with van der Waals surface area (Å²) in [7, 11) is 0. The molecule has 0 saturated carbocycles. The van der Waals surface area contributed by atoms with Crippen LogP contribution in [0.4, 0.5) is 5.69 Å². The van der Waals surface area contributed by atoms with Crippen LogP contribution >= 0.6 is 43.5 Å². The van der Waals surface area contributed by atoms with Crippen LogP contribution < -0.4 is 5.32 Å². The second-order valence-corrected chi connectivity index (χ2v) is 5.26. The van der Waals surface area contributed by atoms with E-state index in [9.17, 15) is 9.90 Å². The van der Waals surface area contributed by atoms with Gasteiger partial charge in [0.2, 0.25) is 5.91 Å². The first-order valence-corrected chi connectivity index (χ1v) is 6.07. The van der Waals surface area contributed by atoms with Crippen molar-refractivity contribution in [3.8, 4) is 5.75 Å². The Morgan fingerprint density at radius 3 is 2.33 bits per heavy atom. The molecule has 0 saturated heterocycles. The molecule has 3 nitrogen and oxygen atoms in total. The minimum absolute atomic E-state index is 0.0897. The maximum Gasteiger partial charge on any atom is 0.242 e. The van der Waals surface area contributed by atoms with Crippen molar-refractivity contribution in [2.45, 2.75) is 12.3 Å². The number of benzene rings is 1. The first-order valence-electron chi connectivity index (χ1n) is 4.04. The average molecular weight is 357 g/mol. The second-order valence-electron chi connectivity index (χ2n) is 2.89. The molecule has 0 radical (unpaired) electrons. The number of halogens is 3. The average Bonchev–Trinajstić information content (AvgIpc) is 2.13. The van der Waals surface area contributed by atoms with E-state index < -0.39 is 5.38 Å². The molecule has 0 heterocycles. The van der Waals surface area contributed by atoms with Crippen LogP contribution in [-0.4, -0.2) is 16.4 Å². The van der Waals surface area contributed by atoms with Gasteiger partial charge in [-0.05, 0) is 50.9 Å². The summed E-state index contributed by atoms with van der Waals surface area (Å²) in [6.45, 7) is 1.58. The van der Waals surface area contributed by atoms with E-state index in [-0.39, 0.29) is 11.7 Å². The molecule has 0 aliphatic rings. The van der Waals surface area contributed by atoms with Crippen molar-refractivity contribution in [2.24, 2.45) is 0 Å². The minimum atomic E-state index is -0.601. The quantitative estimate of drug-likeness (QED) is 0.629. The van der Waals surface area contributed by atoms with Gasteiger partial charge in [-0.2, -0.15) is 0 Å². The van der Waals surface area contributed by atoms with E-state index in [0.717, 1.165) is 0 Å². The van der Waals surface area contributed by atoms with Crippen LogP contribution in [0.2, 0.25) is 0 Å². The van der Waals surface area contributed by atoms with Gasteiger partial charge >= 0.3 is 0 Å². The standard InChI is InChI=1S/C9H8Br2ClNO2/c1-4(12)9(15)13-5-2-6(10)8(14)7(11)3-5/h2-4,14H,1H3,(H,13,15)/t4-/m1/s1. The van der Waals surface area contributed by atoms with Crippen molar-refractivity contribution in [3.63, 3.8) is 0 Å². The summed E-state index contributed by atoms with van der Waals surface area (Å²) in [4.78, 5) is 11.3. The fourth-order valence-corrected chi connectivity index (χ4v) is 2.12. The van der Waals surface area contributed by atoms with Gasteiger partial charge in [-0.15, -0.1) is 11.6 Å². The molecule has 0 fully saturated rings. The van der Waals surface area contributed by atoms with Gasteiger partial charge < -0.3 is 10.4 Å². The smallest absolute Gasteiger partial charge is 0.242 e. The zero-order valence-corrected chi connectivity index (χ0v) is 11.6. The lowest BCUT2D eigenvalue weighted by Gasteiger charge is -2.08. The Labute approximate surface area is 109 Å². The third kappa shape index (κ3) is 3.36. The molecular weight excluding hydrogens is 349 g/mol. The molecule has 2 N–H and O–H groups in total. The van der Waals surface area contributed by atoms with E-state index in [1.54, 1.807) is 19.1 Å². The third-order valence-electron chi connectivity index (χ3n) is 1.65. The SMILES string of the molecule is C[C@@H](Cl)C(=O)Nc1cc(Br)c(O)c(Br)c1. The van der Waals surface area contributed by atoms with Crippen molar-refractivity contribution in [1.82, 2.24) is 0 Å². The molecular formula is C9H8Br2ClNO2. The lowest BCUT2D eigenvalue weighted by atomic mass is 10.3. The van der Waals surface area contributed by atoms with Gasteiger partial charge in [-0.3, -0.25) is 4.79 Å².